The quantitative estimate of drug-likeness (QED) is 0.141. The Morgan fingerprint density at radius 3 is 1.92 bits per heavy atom. The number of allylic oxidation sites excluding steroid dienone is 3. The second-order valence-electron chi connectivity index (χ2n) is 13.9. The summed E-state index contributed by atoms with van der Waals surface area (Å²) in [5.74, 6) is 2.94. The molecular weight excluding hydrogens is 642 g/mol. The van der Waals surface area contributed by atoms with Crippen LogP contribution in [0.5, 0.6) is 0 Å². The average Bonchev–Trinajstić information content (AvgIpc) is 4.00. The minimum atomic E-state index is 0.313. The third kappa shape index (κ3) is 5.13. The number of hydrogen-bond donors (Lipinski definition) is 4. The SMILES string of the molecule is ClC1=CC2=C(CC1)c1c(-c3ccc(-c4cnc(C5CCCN5)[nH]4)cc3)c3cc(-c4ccc(-c5cnc(C6CCCN6)[nH]5)cc4)ccc3n1CO2. The van der Waals surface area contributed by atoms with Gasteiger partial charge in [0.15, 0.2) is 6.73 Å². The van der Waals surface area contributed by atoms with Crippen molar-refractivity contribution in [1.29, 1.82) is 0 Å². The second-order valence-corrected chi connectivity index (χ2v) is 14.4. The Kier molecular flexibility index (Phi) is 7.29. The van der Waals surface area contributed by atoms with Gasteiger partial charge in [-0.1, -0.05) is 66.2 Å². The minimum absolute atomic E-state index is 0.313. The van der Waals surface area contributed by atoms with Gasteiger partial charge in [0.1, 0.15) is 17.4 Å². The summed E-state index contributed by atoms with van der Waals surface area (Å²) in [4.78, 5) is 16.5. The maximum absolute atomic E-state index is 6.51. The maximum Gasteiger partial charge on any atom is 0.165 e. The predicted octanol–water partition coefficient (Wildman–Crippen LogP) is 9.22. The van der Waals surface area contributed by atoms with Crippen molar-refractivity contribution < 1.29 is 4.74 Å². The fourth-order valence-electron chi connectivity index (χ4n) is 8.26. The molecule has 8 nitrogen and oxygen atoms in total. The predicted molar refractivity (Wildman–Crippen MR) is 199 cm³/mol. The van der Waals surface area contributed by atoms with Crippen LogP contribution in [0.25, 0.3) is 61.2 Å². The minimum Gasteiger partial charge on any atom is -0.472 e. The van der Waals surface area contributed by atoms with Crippen LogP contribution >= 0.6 is 11.6 Å². The highest BCUT2D eigenvalue weighted by Gasteiger charge is 2.30. The molecule has 10 rings (SSSR count). The standard InChI is InChI=1S/C41H38ClN7O/c42-29-14-15-30-37(20-29)50-23-49-36-16-13-28(24-5-7-25(8-6-24)34-21-45-40(47-34)32-3-1-17-43-32)19-31(36)38(39(30)49)27-11-9-26(10-12-27)35-22-46-41(48-35)33-4-2-18-44-33/h5-13,16,19-22,32-33,43-44H,1-4,14-15,17-18,23H2,(H,45,47)(H,46,48). The van der Waals surface area contributed by atoms with E-state index in [4.69, 9.17) is 21.3 Å². The van der Waals surface area contributed by atoms with E-state index in [0.717, 1.165) is 83.7 Å². The summed E-state index contributed by atoms with van der Waals surface area (Å²) < 4.78 is 8.65. The monoisotopic (exact) mass is 679 g/mol. The molecule has 2 atom stereocenters. The Morgan fingerprint density at radius 1 is 0.700 bits per heavy atom. The van der Waals surface area contributed by atoms with Gasteiger partial charge < -0.3 is 29.9 Å². The molecule has 9 heteroatoms. The molecule has 4 aliphatic rings. The highest BCUT2D eigenvalue weighted by atomic mass is 35.5. The van der Waals surface area contributed by atoms with Crippen molar-refractivity contribution in [3.63, 3.8) is 0 Å². The van der Waals surface area contributed by atoms with Gasteiger partial charge in [0.25, 0.3) is 0 Å². The van der Waals surface area contributed by atoms with Gasteiger partial charge in [0.2, 0.25) is 0 Å². The Labute approximate surface area is 295 Å². The van der Waals surface area contributed by atoms with Crippen LogP contribution in [0.1, 0.15) is 68.0 Å². The Hall–Kier alpha value is -4.89. The number of nitrogens with one attached hydrogen (secondary N) is 4. The van der Waals surface area contributed by atoms with Gasteiger partial charge in [-0.05, 0) is 97.6 Å². The summed E-state index contributed by atoms with van der Waals surface area (Å²) in [6.07, 6.45) is 12.2. The molecule has 0 radical (unpaired) electrons. The zero-order valence-corrected chi connectivity index (χ0v) is 28.5. The number of nitrogens with zero attached hydrogens (tertiary/aromatic N) is 3. The van der Waals surface area contributed by atoms with Crippen molar-refractivity contribution in [1.82, 2.24) is 35.1 Å². The van der Waals surface area contributed by atoms with E-state index in [-0.39, 0.29) is 0 Å². The molecule has 0 saturated carbocycles. The summed E-state index contributed by atoms with van der Waals surface area (Å²) >= 11 is 6.51. The number of H-pyrrole nitrogens is 2. The molecule has 0 amide bonds. The highest BCUT2D eigenvalue weighted by molar-refractivity contribution is 6.30. The molecule has 2 fully saturated rings. The Balaban J connectivity index is 1.04. The topological polar surface area (TPSA) is 95.6 Å². The summed E-state index contributed by atoms with van der Waals surface area (Å²) in [5, 5.41) is 9.14. The highest BCUT2D eigenvalue weighted by Crippen LogP contribution is 2.47. The van der Waals surface area contributed by atoms with E-state index in [1.54, 1.807) is 0 Å². The number of halogens is 1. The average molecular weight is 680 g/mol. The van der Waals surface area contributed by atoms with Crippen molar-refractivity contribution in [3.05, 3.63) is 113 Å². The van der Waals surface area contributed by atoms with Gasteiger partial charge in [-0.3, -0.25) is 0 Å². The first-order chi connectivity index (χ1) is 24.7. The molecule has 3 aromatic heterocycles. The Bertz CT molecular complexity index is 2300. The normalized spacial score (nSPS) is 20.2. The van der Waals surface area contributed by atoms with Crippen molar-refractivity contribution in [3.8, 4) is 44.8 Å². The van der Waals surface area contributed by atoms with Crippen LogP contribution in [0, 0.1) is 0 Å². The second kappa shape index (κ2) is 12.2. The van der Waals surface area contributed by atoms with Crippen LogP contribution < -0.4 is 10.6 Å². The molecule has 6 aromatic rings. The number of rotatable bonds is 6. The van der Waals surface area contributed by atoms with E-state index in [9.17, 15) is 0 Å². The zero-order chi connectivity index (χ0) is 33.2. The van der Waals surface area contributed by atoms with Gasteiger partial charge in [-0.2, -0.15) is 0 Å². The van der Waals surface area contributed by atoms with Crippen molar-refractivity contribution in [2.45, 2.75) is 57.3 Å². The van der Waals surface area contributed by atoms with E-state index in [1.165, 1.54) is 57.3 Å². The van der Waals surface area contributed by atoms with Crippen molar-refractivity contribution in [2.24, 2.45) is 0 Å². The van der Waals surface area contributed by atoms with E-state index >= 15 is 0 Å². The lowest BCUT2D eigenvalue weighted by molar-refractivity contribution is 0.149. The molecule has 2 unspecified atom stereocenters. The van der Waals surface area contributed by atoms with E-state index in [0.29, 0.717) is 18.8 Å². The van der Waals surface area contributed by atoms with Crippen LogP contribution in [0.15, 0.2) is 96.0 Å². The third-order valence-electron chi connectivity index (χ3n) is 10.9. The number of aromatic amines is 2. The molecule has 6 heterocycles. The van der Waals surface area contributed by atoms with Crippen LogP contribution in [-0.4, -0.2) is 37.6 Å². The summed E-state index contributed by atoms with van der Waals surface area (Å²) in [6, 6.07) is 25.2. The first kappa shape index (κ1) is 30.0. The molecule has 2 saturated heterocycles. The number of imidazole rings is 2. The van der Waals surface area contributed by atoms with E-state index in [2.05, 4.69) is 96.9 Å². The van der Waals surface area contributed by atoms with Gasteiger partial charge in [-0.15, -0.1) is 0 Å². The fourth-order valence-corrected chi connectivity index (χ4v) is 8.45. The molecule has 3 aliphatic heterocycles. The van der Waals surface area contributed by atoms with Gasteiger partial charge in [-0.25, -0.2) is 9.97 Å². The lowest BCUT2D eigenvalue weighted by Crippen LogP contribution is -2.15. The number of benzene rings is 3. The van der Waals surface area contributed by atoms with Gasteiger partial charge in [0.05, 0.1) is 47.1 Å². The van der Waals surface area contributed by atoms with Crippen molar-refractivity contribution >= 4 is 28.1 Å². The smallest absolute Gasteiger partial charge is 0.165 e. The van der Waals surface area contributed by atoms with Gasteiger partial charge >= 0.3 is 0 Å². The zero-order valence-electron chi connectivity index (χ0n) is 27.7. The van der Waals surface area contributed by atoms with Crippen molar-refractivity contribution in [2.75, 3.05) is 13.1 Å². The maximum atomic E-state index is 6.51. The molecule has 1 aliphatic carbocycles. The number of aromatic nitrogens is 5. The molecular formula is C41H38ClN7O. The van der Waals surface area contributed by atoms with Crippen LogP contribution in [-0.2, 0) is 11.5 Å². The van der Waals surface area contributed by atoms with Gasteiger partial charge in [0, 0.05) is 21.6 Å². The van der Waals surface area contributed by atoms with E-state index in [1.807, 2.05) is 18.5 Å². The number of hydrogen-bond acceptors (Lipinski definition) is 5. The molecule has 0 spiro atoms. The number of ether oxygens (including phenoxy) is 1. The molecule has 3 aromatic carbocycles. The molecule has 0 bridgehead atoms. The first-order valence-corrected chi connectivity index (χ1v) is 18.2. The summed E-state index contributed by atoms with van der Waals surface area (Å²) in [5.41, 5.74) is 12.7. The summed E-state index contributed by atoms with van der Waals surface area (Å²) in [7, 11) is 0. The fraction of sp³-hybridized carbons (Fsp3) is 0.268. The molecule has 50 heavy (non-hydrogen) atoms. The summed E-state index contributed by atoms with van der Waals surface area (Å²) in [6.45, 7) is 2.55. The lowest BCUT2D eigenvalue weighted by atomic mass is 9.91. The first-order valence-electron chi connectivity index (χ1n) is 17.8. The Morgan fingerprint density at radius 2 is 1.30 bits per heavy atom. The number of fused-ring (bicyclic) bond motifs is 4. The van der Waals surface area contributed by atoms with Crippen LogP contribution in [0.3, 0.4) is 0 Å². The molecule has 250 valence electrons. The largest absolute Gasteiger partial charge is 0.472 e. The van der Waals surface area contributed by atoms with Crippen LogP contribution in [0.2, 0.25) is 0 Å². The van der Waals surface area contributed by atoms with E-state index < -0.39 is 0 Å². The van der Waals surface area contributed by atoms with Crippen LogP contribution in [0.4, 0.5) is 0 Å². The third-order valence-corrected chi connectivity index (χ3v) is 11.2. The molecule has 4 N–H and O–H groups in total. The lowest BCUT2D eigenvalue weighted by Gasteiger charge is -2.26.